The van der Waals surface area contributed by atoms with Crippen LogP contribution < -0.4 is 0 Å². The van der Waals surface area contributed by atoms with E-state index >= 15 is 0 Å². The van der Waals surface area contributed by atoms with Gasteiger partial charge in [-0.1, -0.05) is 30.3 Å². The number of rotatable bonds is 3. The molecule has 0 amide bonds. The number of nitrogens with one attached hydrogen (secondary N) is 1. The molecule has 0 bridgehead atoms. The summed E-state index contributed by atoms with van der Waals surface area (Å²) in [5.74, 6) is 0. The topological polar surface area (TPSA) is 36.9 Å². The van der Waals surface area contributed by atoms with Crippen LogP contribution in [0.15, 0.2) is 36.7 Å². The first-order valence-corrected chi connectivity index (χ1v) is 7.04. The van der Waals surface area contributed by atoms with Crippen LogP contribution in [0.1, 0.15) is 24.9 Å². The summed E-state index contributed by atoms with van der Waals surface area (Å²) in [6.45, 7) is 4.32. The van der Waals surface area contributed by atoms with Crippen LogP contribution in [0.5, 0.6) is 0 Å². The van der Waals surface area contributed by atoms with E-state index in [0.29, 0.717) is 12.1 Å². The molecule has 0 saturated carbocycles. The molecule has 5 heteroatoms. The molecule has 3 rings (SSSR count). The number of aromatic nitrogens is 3. The molecule has 0 spiro atoms. The molecule has 4 nitrogen and oxygen atoms in total. The summed E-state index contributed by atoms with van der Waals surface area (Å²) in [5.41, 5.74) is 1.37. The molecule has 2 atom stereocenters. The second kappa shape index (κ2) is 5.27. The van der Waals surface area contributed by atoms with E-state index < -0.39 is 0 Å². The smallest absolute Gasteiger partial charge is 0.195 e. The summed E-state index contributed by atoms with van der Waals surface area (Å²) in [7, 11) is 0. The molecule has 19 heavy (non-hydrogen) atoms. The molecule has 0 aliphatic carbocycles. The summed E-state index contributed by atoms with van der Waals surface area (Å²) >= 11 is 5.26. The van der Waals surface area contributed by atoms with E-state index in [4.69, 9.17) is 12.2 Å². The van der Waals surface area contributed by atoms with Crippen LogP contribution in [0.2, 0.25) is 0 Å². The third-order valence-electron chi connectivity index (χ3n) is 3.88. The van der Waals surface area contributed by atoms with Gasteiger partial charge in [-0.2, -0.15) is 5.10 Å². The van der Waals surface area contributed by atoms with E-state index in [1.54, 1.807) is 0 Å². The molecule has 1 aliphatic heterocycles. The average molecular weight is 274 g/mol. The van der Waals surface area contributed by atoms with Crippen molar-refractivity contribution in [1.82, 2.24) is 19.7 Å². The first kappa shape index (κ1) is 12.6. The van der Waals surface area contributed by atoms with Crippen molar-refractivity contribution in [3.8, 4) is 0 Å². The Morgan fingerprint density at radius 2 is 2.16 bits per heavy atom. The second-order valence-electron chi connectivity index (χ2n) is 5.22. The standard InChI is InChI=1S/C14H18N4S/c1-11-7-13(18-10-15-16-14(18)19)9-17(11)8-12-5-3-2-4-6-12/h2-6,10-11,13H,7-9H2,1H3,(H,16,19). The molecular formula is C14H18N4S. The molecule has 2 unspecified atom stereocenters. The van der Waals surface area contributed by atoms with Crippen LogP contribution in [0, 0.1) is 4.77 Å². The Labute approximate surface area is 118 Å². The van der Waals surface area contributed by atoms with E-state index in [2.05, 4.69) is 56.9 Å². The van der Waals surface area contributed by atoms with Crippen molar-refractivity contribution in [2.75, 3.05) is 6.54 Å². The third-order valence-corrected chi connectivity index (χ3v) is 4.18. The number of hydrogen-bond donors (Lipinski definition) is 1. The van der Waals surface area contributed by atoms with Gasteiger partial charge in [-0.05, 0) is 31.1 Å². The minimum Gasteiger partial charge on any atom is -0.302 e. The fourth-order valence-corrected chi connectivity index (χ4v) is 3.07. The minimum absolute atomic E-state index is 0.435. The average Bonchev–Trinajstić information content (AvgIpc) is 2.98. The van der Waals surface area contributed by atoms with E-state index in [0.717, 1.165) is 24.3 Å². The molecular weight excluding hydrogens is 256 g/mol. The second-order valence-corrected chi connectivity index (χ2v) is 5.61. The number of hydrogen-bond acceptors (Lipinski definition) is 3. The van der Waals surface area contributed by atoms with Crippen LogP contribution in [-0.4, -0.2) is 32.3 Å². The molecule has 1 aliphatic rings. The first-order valence-electron chi connectivity index (χ1n) is 6.63. The predicted octanol–water partition coefficient (Wildman–Crippen LogP) is 2.78. The molecule has 1 aromatic heterocycles. The van der Waals surface area contributed by atoms with E-state index in [1.165, 1.54) is 5.56 Å². The van der Waals surface area contributed by atoms with Crippen molar-refractivity contribution in [1.29, 1.82) is 0 Å². The van der Waals surface area contributed by atoms with Crippen molar-refractivity contribution >= 4 is 12.2 Å². The summed E-state index contributed by atoms with van der Waals surface area (Å²) in [4.78, 5) is 2.51. The zero-order chi connectivity index (χ0) is 13.2. The van der Waals surface area contributed by atoms with Crippen LogP contribution in [0.25, 0.3) is 0 Å². The third kappa shape index (κ3) is 2.62. The lowest BCUT2D eigenvalue weighted by atomic mass is 10.2. The van der Waals surface area contributed by atoms with Gasteiger partial charge in [-0.25, -0.2) is 0 Å². The number of likely N-dealkylation sites (tertiary alicyclic amines) is 1. The first-order chi connectivity index (χ1) is 9.24. The number of H-pyrrole nitrogens is 1. The normalized spacial score (nSPS) is 23.8. The zero-order valence-corrected chi connectivity index (χ0v) is 11.8. The maximum Gasteiger partial charge on any atom is 0.195 e. The van der Waals surface area contributed by atoms with Gasteiger partial charge < -0.3 is 4.57 Å². The minimum atomic E-state index is 0.435. The van der Waals surface area contributed by atoms with Gasteiger partial charge in [0.25, 0.3) is 0 Å². The lowest BCUT2D eigenvalue weighted by Gasteiger charge is -2.20. The zero-order valence-electron chi connectivity index (χ0n) is 11.0. The van der Waals surface area contributed by atoms with Gasteiger partial charge >= 0.3 is 0 Å². The molecule has 1 fully saturated rings. The van der Waals surface area contributed by atoms with Gasteiger partial charge in [-0.15, -0.1) is 0 Å². The Morgan fingerprint density at radius 1 is 1.37 bits per heavy atom. The van der Waals surface area contributed by atoms with Crippen molar-refractivity contribution < 1.29 is 0 Å². The van der Waals surface area contributed by atoms with Crippen LogP contribution in [0.4, 0.5) is 0 Å². The van der Waals surface area contributed by atoms with Crippen molar-refractivity contribution in [2.24, 2.45) is 0 Å². The van der Waals surface area contributed by atoms with Crippen LogP contribution in [-0.2, 0) is 6.54 Å². The summed E-state index contributed by atoms with van der Waals surface area (Å²) < 4.78 is 2.80. The molecule has 1 saturated heterocycles. The Kier molecular flexibility index (Phi) is 3.48. The van der Waals surface area contributed by atoms with Crippen LogP contribution in [0.3, 0.4) is 0 Å². The molecule has 1 N–H and O–H groups in total. The number of aromatic amines is 1. The fraction of sp³-hybridized carbons (Fsp3) is 0.429. The van der Waals surface area contributed by atoms with E-state index in [9.17, 15) is 0 Å². The molecule has 100 valence electrons. The summed E-state index contributed by atoms with van der Waals surface area (Å²) in [5, 5.41) is 6.85. The lowest BCUT2D eigenvalue weighted by molar-refractivity contribution is 0.255. The largest absolute Gasteiger partial charge is 0.302 e. The monoisotopic (exact) mass is 274 g/mol. The van der Waals surface area contributed by atoms with E-state index in [-0.39, 0.29) is 0 Å². The molecule has 2 heterocycles. The van der Waals surface area contributed by atoms with Crippen molar-refractivity contribution in [3.63, 3.8) is 0 Å². The molecule has 1 aromatic carbocycles. The summed E-state index contributed by atoms with van der Waals surface area (Å²) in [6.07, 6.45) is 2.94. The fourth-order valence-electron chi connectivity index (χ4n) is 2.82. The molecule has 2 aromatic rings. The lowest BCUT2D eigenvalue weighted by Crippen LogP contribution is -2.26. The van der Waals surface area contributed by atoms with Gasteiger partial charge in [0.2, 0.25) is 0 Å². The highest BCUT2D eigenvalue weighted by Crippen LogP contribution is 2.28. The predicted molar refractivity (Wildman–Crippen MR) is 77.4 cm³/mol. The van der Waals surface area contributed by atoms with Gasteiger partial charge in [0.1, 0.15) is 6.33 Å². The van der Waals surface area contributed by atoms with Gasteiger partial charge in [-0.3, -0.25) is 10.00 Å². The highest BCUT2D eigenvalue weighted by molar-refractivity contribution is 7.71. The Bertz CT molecular complexity index is 589. The molecule has 0 radical (unpaired) electrons. The number of benzene rings is 1. The Morgan fingerprint density at radius 3 is 2.84 bits per heavy atom. The SMILES string of the molecule is CC1CC(n2cn[nH]c2=S)CN1Cc1ccccc1. The van der Waals surface area contributed by atoms with Gasteiger partial charge in [0.15, 0.2) is 4.77 Å². The van der Waals surface area contributed by atoms with E-state index in [1.807, 2.05) is 6.33 Å². The Hall–Kier alpha value is -1.46. The highest BCUT2D eigenvalue weighted by atomic mass is 32.1. The maximum absolute atomic E-state index is 5.26. The Balaban J connectivity index is 1.72. The quantitative estimate of drug-likeness (QED) is 0.874. The van der Waals surface area contributed by atoms with Crippen molar-refractivity contribution in [2.45, 2.75) is 32.0 Å². The van der Waals surface area contributed by atoms with Gasteiger partial charge in [0.05, 0.1) is 6.04 Å². The van der Waals surface area contributed by atoms with Gasteiger partial charge in [0, 0.05) is 19.1 Å². The summed E-state index contributed by atoms with van der Waals surface area (Å²) in [6, 6.07) is 11.6. The maximum atomic E-state index is 5.26. The number of nitrogens with zero attached hydrogens (tertiary/aromatic N) is 3. The highest BCUT2D eigenvalue weighted by Gasteiger charge is 2.30. The van der Waals surface area contributed by atoms with Crippen LogP contribution >= 0.6 is 12.2 Å². The van der Waals surface area contributed by atoms with Crippen molar-refractivity contribution in [3.05, 3.63) is 47.0 Å².